The quantitative estimate of drug-likeness (QED) is 0.784. The monoisotopic (exact) mass is 301 g/mol. The van der Waals surface area contributed by atoms with Crippen molar-refractivity contribution in [2.45, 2.75) is 40.2 Å². The number of halogens is 1. The van der Waals surface area contributed by atoms with Gasteiger partial charge in [-0.1, -0.05) is 42.8 Å². The molecule has 0 saturated heterocycles. The Morgan fingerprint density at radius 1 is 0.952 bits per heavy atom. The van der Waals surface area contributed by atoms with E-state index in [1.165, 1.54) is 27.8 Å². The average Bonchev–Trinajstić information content (AvgIpc) is 2.46. The predicted octanol–water partition coefficient (Wildman–Crippen LogP) is 5.35. The number of rotatable bonds is 5. The van der Waals surface area contributed by atoms with Crippen LogP contribution in [0.15, 0.2) is 36.4 Å². The van der Waals surface area contributed by atoms with E-state index >= 15 is 0 Å². The van der Waals surface area contributed by atoms with Gasteiger partial charge in [0, 0.05) is 5.02 Å². The molecule has 0 spiro atoms. The van der Waals surface area contributed by atoms with Gasteiger partial charge >= 0.3 is 0 Å². The lowest BCUT2D eigenvalue weighted by atomic mass is 9.91. The van der Waals surface area contributed by atoms with Crippen LogP contribution < -0.4 is 5.32 Å². The molecule has 0 saturated carbocycles. The summed E-state index contributed by atoms with van der Waals surface area (Å²) in [6, 6.07) is 13.0. The Balaban J connectivity index is 2.45. The molecule has 1 atom stereocenters. The van der Waals surface area contributed by atoms with Crippen molar-refractivity contribution in [1.29, 1.82) is 0 Å². The van der Waals surface area contributed by atoms with E-state index in [9.17, 15) is 0 Å². The fourth-order valence-corrected chi connectivity index (χ4v) is 2.77. The van der Waals surface area contributed by atoms with Crippen LogP contribution >= 0.6 is 11.6 Å². The molecule has 1 nitrogen and oxygen atoms in total. The van der Waals surface area contributed by atoms with Gasteiger partial charge in [-0.2, -0.15) is 0 Å². The third kappa shape index (κ3) is 3.87. The Kier molecular flexibility index (Phi) is 5.44. The summed E-state index contributed by atoms with van der Waals surface area (Å²) in [6.45, 7) is 9.73. The maximum absolute atomic E-state index is 6.02. The van der Waals surface area contributed by atoms with Crippen LogP contribution in [0.25, 0.3) is 0 Å². The van der Waals surface area contributed by atoms with Crippen molar-refractivity contribution in [3.63, 3.8) is 0 Å². The van der Waals surface area contributed by atoms with Crippen LogP contribution in [0.2, 0.25) is 5.02 Å². The van der Waals surface area contributed by atoms with E-state index in [2.05, 4.69) is 57.3 Å². The summed E-state index contributed by atoms with van der Waals surface area (Å²) in [5.74, 6) is 0. The first-order valence-corrected chi connectivity index (χ1v) is 7.97. The van der Waals surface area contributed by atoms with Crippen molar-refractivity contribution in [3.8, 4) is 0 Å². The summed E-state index contributed by atoms with van der Waals surface area (Å²) in [5.41, 5.74) is 6.64. The van der Waals surface area contributed by atoms with Gasteiger partial charge in [-0.15, -0.1) is 0 Å². The largest absolute Gasteiger partial charge is 0.306 e. The molecule has 0 aliphatic carbocycles. The van der Waals surface area contributed by atoms with E-state index < -0.39 is 0 Å². The van der Waals surface area contributed by atoms with Gasteiger partial charge in [-0.05, 0) is 73.7 Å². The van der Waals surface area contributed by atoms with Crippen molar-refractivity contribution in [3.05, 3.63) is 69.2 Å². The van der Waals surface area contributed by atoms with Crippen molar-refractivity contribution in [2.24, 2.45) is 0 Å². The van der Waals surface area contributed by atoms with Crippen LogP contribution in [0.4, 0.5) is 0 Å². The van der Waals surface area contributed by atoms with E-state index in [-0.39, 0.29) is 6.04 Å². The first-order valence-electron chi connectivity index (χ1n) is 7.59. The van der Waals surface area contributed by atoms with Gasteiger partial charge in [-0.3, -0.25) is 0 Å². The highest BCUT2D eigenvalue weighted by Gasteiger charge is 2.16. The van der Waals surface area contributed by atoms with Gasteiger partial charge in [0.25, 0.3) is 0 Å². The topological polar surface area (TPSA) is 12.0 Å². The van der Waals surface area contributed by atoms with Crippen LogP contribution in [0.5, 0.6) is 0 Å². The first kappa shape index (κ1) is 16.1. The second kappa shape index (κ2) is 7.11. The molecular formula is C19H24ClN. The van der Waals surface area contributed by atoms with Gasteiger partial charge in [0.15, 0.2) is 0 Å². The van der Waals surface area contributed by atoms with Crippen molar-refractivity contribution in [1.82, 2.24) is 5.32 Å². The molecular weight excluding hydrogens is 278 g/mol. The highest BCUT2D eigenvalue weighted by Crippen LogP contribution is 2.28. The summed E-state index contributed by atoms with van der Waals surface area (Å²) in [5, 5.41) is 4.45. The lowest BCUT2D eigenvalue weighted by Crippen LogP contribution is -2.24. The molecule has 112 valence electrons. The minimum Gasteiger partial charge on any atom is -0.306 e. The van der Waals surface area contributed by atoms with Gasteiger partial charge in [-0.25, -0.2) is 0 Å². The van der Waals surface area contributed by atoms with Crippen LogP contribution in [0.1, 0.15) is 47.2 Å². The SMILES string of the molecule is CCCNC(c1ccc(Cl)cc1)c1cc(C)c(C)cc1C. The summed E-state index contributed by atoms with van der Waals surface area (Å²) < 4.78 is 0. The van der Waals surface area contributed by atoms with Crippen LogP contribution in [-0.2, 0) is 0 Å². The molecule has 0 aliphatic rings. The molecule has 0 fully saturated rings. The van der Waals surface area contributed by atoms with Gasteiger partial charge in [0.1, 0.15) is 0 Å². The standard InChI is InChI=1S/C19H24ClN/c1-5-10-21-19(16-6-8-17(20)9-7-16)18-12-14(3)13(2)11-15(18)4/h6-9,11-12,19,21H,5,10H2,1-4H3. The molecule has 1 unspecified atom stereocenters. The summed E-state index contributed by atoms with van der Waals surface area (Å²) in [4.78, 5) is 0. The normalized spacial score (nSPS) is 12.4. The molecule has 2 aromatic carbocycles. The van der Waals surface area contributed by atoms with Crippen LogP contribution in [-0.4, -0.2) is 6.54 Å². The second-order valence-electron chi connectivity index (χ2n) is 5.73. The van der Waals surface area contributed by atoms with Crippen LogP contribution in [0, 0.1) is 20.8 Å². The Bertz CT molecular complexity index is 602. The average molecular weight is 302 g/mol. The van der Waals surface area contributed by atoms with E-state index in [4.69, 9.17) is 11.6 Å². The Morgan fingerprint density at radius 2 is 1.57 bits per heavy atom. The summed E-state index contributed by atoms with van der Waals surface area (Å²) >= 11 is 6.02. The Labute approximate surface area is 133 Å². The molecule has 2 heteroatoms. The molecule has 0 bridgehead atoms. The summed E-state index contributed by atoms with van der Waals surface area (Å²) in [7, 11) is 0. The Hall–Kier alpha value is -1.31. The van der Waals surface area contributed by atoms with E-state index in [1.807, 2.05) is 12.1 Å². The zero-order valence-corrected chi connectivity index (χ0v) is 14.1. The van der Waals surface area contributed by atoms with Gasteiger partial charge in [0.05, 0.1) is 6.04 Å². The highest BCUT2D eigenvalue weighted by molar-refractivity contribution is 6.30. The Morgan fingerprint density at radius 3 is 2.19 bits per heavy atom. The number of aryl methyl sites for hydroxylation is 3. The third-order valence-corrected chi connectivity index (χ3v) is 4.25. The molecule has 0 aromatic heterocycles. The predicted molar refractivity (Wildman–Crippen MR) is 92.2 cm³/mol. The van der Waals surface area contributed by atoms with Gasteiger partial charge in [0.2, 0.25) is 0 Å². The molecule has 2 rings (SSSR count). The fourth-order valence-electron chi connectivity index (χ4n) is 2.65. The minimum absolute atomic E-state index is 0.224. The van der Waals surface area contributed by atoms with Crippen molar-refractivity contribution >= 4 is 11.6 Å². The molecule has 0 heterocycles. The fraction of sp³-hybridized carbons (Fsp3) is 0.368. The summed E-state index contributed by atoms with van der Waals surface area (Å²) in [6.07, 6.45) is 1.12. The molecule has 0 radical (unpaired) electrons. The highest BCUT2D eigenvalue weighted by atomic mass is 35.5. The minimum atomic E-state index is 0.224. The third-order valence-electron chi connectivity index (χ3n) is 4.00. The van der Waals surface area contributed by atoms with Gasteiger partial charge < -0.3 is 5.32 Å². The van der Waals surface area contributed by atoms with Crippen LogP contribution in [0.3, 0.4) is 0 Å². The smallest absolute Gasteiger partial charge is 0.0579 e. The number of hydrogen-bond donors (Lipinski definition) is 1. The molecule has 0 amide bonds. The molecule has 2 aromatic rings. The number of benzene rings is 2. The maximum atomic E-state index is 6.02. The number of nitrogens with one attached hydrogen (secondary N) is 1. The molecule has 21 heavy (non-hydrogen) atoms. The molecule has 0 aliphatic heterocycles. The second-order valence-corrected chi connectivity index (χ2v) is 6.17. The zero-order valence-electron chi connectivity index (χ0n) is 13.3. The van der Waals surface area contributed by atoms with Crippen molar-refractivity contribution in [2.75, 3.05) is 6.54 Å². The lowest BCUT2D eigenvalue weighted by Gasteiger charge is -2.23. The number of hydrogen-bond acceptors (Lipinski definition) is 1. The maximum Gasteiger partial charge on any atom is 0.0579 e. The lowest BCUT2D eigenvalue weighted by molar-refractivity contribution is 0.596. The van der Waals surface area contributed by atoms with Crippen molar-refractivity contribution < 1.29 is 0 Å². The zero-order chi connectivity index (χ0) is 15.4. The molecule has 1 N–H and O–H groups in total. The first-order chi connectivity index (χ1) is 10.0. The van der Waals surface area contributed by atoms with E-state index in [0.29, 0.717) is 0 Å². The van der Waals surface area contributed by atoms with E-state index in [1.54, 1.807) is 0 Å². The van der Waals surface area contributed by atoms with E-state index in [0.717, 1.165) is 18.0 Å².